The number of hydrogen-bond donors (Lipinski definition) is 2. The fraction of sp³-hybridized carbons (Fsp3) is 0.244. The third-order valence-corrected chi connectivity index (χ3v) is 11.0. The molecule has 0 saturated heterocycles. The third-order valence-electron chi connectivity index (χ3n) is 9.20. The van der Waals surface area contributed by atoms with Crippen LogP contribution in [-0.4, -0.2) is 29.2 Å². The van der Waals surface area contributed by atoms with Crippen LogP contribution in [-0.2, 0) is 30.3 Å². The maximum Gasteiger partial charge on any atom is 0.334 e. The van der Waals surface area contributed by atoms with Crippen LogP contribution in [0.2, 0.25) is 0 Å². The second kappa shape index (κ2) is 14.1. The van der Waals surface area contributed by atoms with Crippen LogP contribution in [0.3, 0.4) is 0 Å². The number of thiol groups is 2. The highest BCUT2D eigenvalue weighted by Crippen LogP contribution is 2.53. The molecule has 5 nitrogen and oxygen atoms in total. The van der Waals surface area contributed by atoms with E-state index in [-0.39, 0.29) is 11.4 Å². The number of ketones is 1. The molecule has 1 heterocycles. The lowest BCUT2D eigenvalue weighted by molar-refractivity contribution is -0.153. The lowest BCUT2D eigenvalue weighted by Gasteiger charge is -2.40. The molecule has 1 aliphatic carbocycles. The van der Waals surface area contributed by atoms with Crippen molar-refractivity contribution in [3.05, 3.63) is 143 Å². The van der Waals surface area contributed by atoms with Crippen molar-refractivity contribution < 1.29 is 23.9 Å². The zero-order valence-corrected chi connectivity index (χ0v) is 30.2. The van der Waals surface area contributed by atoms with E-state index in [0.717, 1.165) is 38.5 Å². The predicted molar refractivity (Wildman–Crippen MR) is 202 cm³/mol. The highest BCUT2D eigenvalue weighted by Gasteiger charge is 2.47. The van der Waals surface area contributed by atoms with E-state index >= 15 is 0 Å². The Morgan fingerprint density at radius 2 is 1.14 bits per heavy atom. The van der Waals surface area contributed by atoms with Gasteiger partial charge in [-0.05, 0) is 80.4 Å². The van der Waals surface area contributed by atoms with E-state index in [0.29, 0.717) is 58.6 Å². The van der Waals surface area contributed by atoms with Gasteiger partial charge < -0.3 is 9.47 Å². The Bertz CT molecular complexity index is 2020. The van der Waals surface area contributed by atoms with Gasteiger partial charge in [-0.3, -0.25) is 4.79 Å². The number of fused-ring (bicyclic) bond motifs is 4. The summed E-state index contributed by atoms with van der Waals surface area (Å²) in [6.45, 7) is 10.9. The molecule has 2 atom stereocenters. The van der Waals surface area contributed by atoms with Crippen LogP contribution >= 0.6 is 37.0 Å². The van der Waals surface area contributed by atoms with Crippen LogP contribution < -0.4 is 0 Å². The fourth-order valence-corrected chi connectivity index (χ4v) is 8.44. The quantitative estimate of drug-likeness (QED) is 0.0920. The lowest BCUT2D eigenvalue weighted by Crippen LogP contribution is -2.40. The van der Waals surface area contributed by atoms with Crippen LogP contribution in [0.4, 0.5) is 0 Å². The molecule has 0 N–H and O–H groups in total. The topological polar surface area (TPSA) is 69.7 Å². The molecule has 250 valence electrons. The molecular formula is C41H38O5S3. The van der Waals surface area contributed by atoms with E-state index in [1.165, 1.54) is 0 Å². The van der Waals surface area contributed by atoms with Gasteiger partial charge in [0.05, 0.1) is 0 Å². The van der Waals surface area contributed by atoms with E-state index in [9.17, 15) is 14.4 Å². The Morgan fingerprint density at radius 3 is 1.76 bits per heavy atom. The van der Waals surface area contributed by atoms with Crippen LogP contribution in [0.15, 0.2) is 119 Å². The van der Waals surface area contributed by atoms with E-state index in [1.54, 1.807) is 31.7 Å². The zero-order valence-electron chi connectivity index (χ0n) is 27.6. The summed E-state index contributed by atoms with van der Waals surface area (Å²) in [6, 6.07) is 27.3. The molecule has 6 rings (SSSR count). The van der Waals surface area contributed by atoms with Crippen molar-refractivity contribution in [2.24, 2.45) is 0 Å². The number of carbonyl (C=O) groups is 3. The van der Waals surface area contributed by atoms with Gasteiger partial charge in [-0.15, -0.1) is 0 Å². The second-order valence-corrected chi connectivity index (χ2v) is 14.6. The lowest BCUT2D eigenvalue weighted by atomic mass is 9.71. The number of rotatable bonds is 11. The van der Waals surface area contributed by atoms with E-state index in [1.807, 2.05) is 72.8 Å². The molecule has 8 heteroatoms. The summed E-state index contributed by atoms with van der Waals surface area (Å²) in [4.78, 5) is 42.4. The van der Waals surface area contributed by atoms with E-state index < -0.39 is 23.1 Å². The molecule has 2 aliphatic rings. The van der Waals surface area contributed by atoms with Crippen LogP contribution in [0.5, 0.6) is 0 Å². The SMILES string of the molecule is C=C(C)C(=O)OC1(CCCS)c2ccccc2Sc2cc(-c3ccc4c(c3)C(=O)c3ccccc3C4(CCCS)OC(=O)C(=C)C)ccc21. The molecule has 49 heavy (non-hydrogen) atoms. The first-order valence-corrected chi connectivity index (χ1v) is 18.3. The van der Waals surface area contributed by atoms with Crippen molar-refractivity contribution in [1.29, 1.82) is 0 Å². The first-order chi connectivity index (χ1) is 23.6. The zero-order chi connectivity index (χ0) is 34.9. The minimum Gasteiger partial charge on any atom is -0.446 e. The summed E-state index contributed by atoms with van der Waals surface area (Å²) in [5, 5.41) is 0. The molecule has 0 aromatic heterocycles. The Kier molecular flexibility index (Phi) is 10.0. The summed E-state index contributed by atoms with van der Waals surface area (Å²) in [5.74, 6) is 0.137. The molecule has 0 bridgehead atoms. The van der Waals surface area contributed by atoms with Gasteiger partial charge in [0.2, 0.25) is 0 Å². The van der Waals surface area contributed by atoms with Gasteiger partial charge in [-0.1, -0.05) is 91.6 Å². The van der Waals surface area contributed by atoms with Gasteiger partial charge in [0.25, 0.3) is 0 Å². The van der Waals surface area contributed by atoms with Crippen molar-refractivity contribution in [2.45, 2.75) is 60.5 Å². The highest BCUT2D eigenvalue weighted by atomic mass is 32.2. The number of carbonyl (C=O) groups excluding carboxylic acids is 3. The number of esters is 2. The smallest absolute Gasteiger partial charge is 0.334 e. The number of ether oxygens (including phenoxy) is 2. The van der Waals surface area contributed by atoms with Crippen LogP contribution in [0, 0.1) is 0 Å². The van der Waals surface area contributed by atoms with Gasteiger partial charge in [0.1, 0.15) is 0 Å². The van der Waals surface area contributed by atoms with Crippen molar-refractivity contribution in [3.63, 3.8) is 0 Å². The van der Waals surface area contributed by atoms with Gasteiger partial charge in [0, 0.05) is 54.3 Å². The van der Waals surface area contributed by atoms with Crippen molar-refractivity contribution >= 4 is 54.7 Å². The second-order valence-electron chi connectivity index (χ2n) is 12.6. The Hall–Kier alpha value is -3.98. The molecular weight excluding hydrogens is 669 g/mol. The Labute approximate surface area is 303 Å². The fourth-order valence-electron chi connectivity index (χ4n) is 6.87. The molecule has 4 aromatic rings. The van der Waals surface area contributed by atoms with Crippen molar-refractivity contribution in [2.75, 3.05) is 11.5 Å². The first kappa shape index (κ1) is 34.9. The largest absolute Gasteiger partial charge is 0.446 e. The maximum atomic E-state index is 14.1. The summed E-state index contributed by atoms with van der Waals surface area (Å²) < 4.78 is 12.7. The number of hydrogen-bond acceptors (Lipinski definition) is 8. The molecule has 0 fully saturated rings. The minimum absolute atomic E-state index is 0.126. The molecule has 0 radical (unpaired) electrons. The highest BCUT2D eigenvalue weighted by molar-refractivity contribution is 7.99. The average molecular weight is 707 g/mol. The Balaban J connectivity index is 1.50. The molecule has 2 unspecified atom stereocenters. The minimum atomic E-state index is -1.17. The van der Waals surface area contributed by atoms with Crippen LogP contribution in [0.25, 0.3) is 11.1 Å². The van der Waals surface area contributed by atoms with Crippen LogP contribution in [0.1, 0.15) is 77.7 Å². The summed E-state index contributed by atoms with van der Waals surface area (Å²) in [5.41, 5.74) is 4.31. The van der Waals surface area contributed by atoms with Gasteiger partial charge in [-0.2, -0.15) is 25.3 Å². The average Bonchev–Trinajstić information content (AvgIpc) is 3.11. The summed E-state index contributed by atoms with van der Waals surface area (Å²) in [6.07, 6.45) is 2.40. The normalized spacial score (nSPS) is 18.7. The molecule has 0 spiro atoms. The van der Waals surface area contributed by atoms with E-state index in [4.69, 9.17) is 9.47 Å². The first-order valence-electron chi connectivity index (χ1n) is 16.3. The molecule has 4 aromatic carbocycles. The maximum absolute atomic E-state index is 14.1. The van der Waals surface area contributed by atoms with Gasteiger partial charge >= 0.3 is 11.9 Å². The summed E-state index contributed by atoms with van der Waals surface area (Å²) >= 11 is 10.6. The van der Waals surface area contributed by atoms with E-state index in [2.05, 4.69) is 44.5 Å². The van der Waals surface area contributed by atoms with Gasteiger partial charge in [0.15, 0.2) is 17.0 Å². The molecule has 1 aliphatic heterocycles. The number of benzene rings is 4. The molecule has 0 amide bonds. The third kappa shape index (κ3) is 6.19. The van der Waals surface area contributed by atoms with Crippen molar-refractivity contribution in [3.8, 4) is 11.1 Å². The summed E-state index contributed by atoms with van der Waals surface area (Å²) in [7, 11) is 0. The standard InChI is InChI=1S/C41H38O5S3/c1-25(2)38(43)45-40(19-9-21-47)31-12-6-5-11-29(31)37(42)30-23-27(15-17-32(30)40)28-16-18-34-36(24-28)49-35-14-8-7-13-33(35)41(34,20-10-22-48)46-39(44)26(3)4/h5-8,11-18,23-24,47-48H,1,3,9-10,19-22H2,2,4H3. The van der Waals surface area contributed by atoms with Crippen molar-refractivity contribution in [1.82, 2.24) is 0 Å². The monoisotopic (exact) mass is 706 g/mol. The Morgan fingerprint density at radius 1 is 0.653 bits per heavy atom. The molecule has 0 saturated carbocycles. The van der Waals surface area contributed by atoms with Gasteiger partial charge in [-0.25, -0.2) is 9.59 Å². The predicted octanol–water partition coefficient (Wildman–Crippen LogP) is 9.51.